The largest absolute Gasteiger partial charge is 0.447 e. The van der Waals surface area contributed by atoms with Gasteiger partial charge in [0.15, 0.2) is 5.69 Å². The Bertz CT molecular complexity index is 682. The minimum atomic E-state index is -0.273. The van der Waals surface area contributed by atoms with Gasteiger partial charge in [-0.25, -0.2) is 9.67 Å². The number of methoxy groups -OCH3 is 1. The van der Waals surface area contributed by atoms with Crippen molar-refractivity contribution in [2.75, 3.05) is 20.2 Å². The molecule has 3 rings (SSSR count). The first kappa shape index (κ1) is 16.6. The summed E-state index contributed by atoms with van der Waals surface area (Å²) in [6.07, 6.45) is 4.30. The third kappa shape index (κ3) is 3.80. The number of carbonyl (C=O) groups excluding carboxylic acids is 1. The molecule has 0 saturated carbocycles. The normalized spacial score (nSPS) is 18.2. The molecule has 0 aliphatic carbocycles. The molecular formula is C15H22N6O3. The van der Waals surface area contributed by atoms with Gasteiger partial charge in [0.25, 0.3) is 5.91 Å². The van der Waals surface area contributed by atoms with E-state index in [1.54, 1.807) is 18.0 Å². The molecule has 1 N–H and O–H groups in total. The van der Waals surface area contributed by atoms with E-state index < -0.39 is 0 Å². The lowest BCUT2D eigenvalue weighted by molar-refractivity contribution is 0.0944. The number of nitrogens with zero attached hydrogens (tertiary/aromatic N) is 5. The predicted molar refractivity (Wildman–Crippen MR) is 84.1 cm³/mol. The minimum Gasteiger partial charge on any atom is -0.447 e. The zero-order valence-electron chi connectivity index (χ0n) is 13.9. The number of likely N-dealkylation sites (tertiary alicyclic amines) is 1. The molecule has 0 aromatic carbocycles. The van der Waals surface area contributed by atoms with Crippen molar-refractivity contribution in [2.24, 2.45) is 0 Å². The zero-order valence-corrected chi connectivity index (χ0v) is 13.9. The van der Waals surface area contributed by atoms with E-state index in [1.165, 1.54) is 6.26 Å². The standard InChI is InChI=1S/C15H22N6O3/c1-3-21-11(7-17-19-21)6-16-15(22)13-10-24-14(18-13)9-20-5-4-12(8-20)23-2/h7,10,12H,3-6,8-9H2,1-2H3,(H,16,22)/t12-/m0/s1. The number of hydrogen-bond acceptors (Lipinski definition) is 7. The number of aromatic nitrogens is 4. The van der Waals surface area contributed by atoms with Crippen molar-refractivity contribution in [3.05, 3.63) is 29.7 Å². The lowest BCUT2D eigenvalue weighted by atomic mass is 10.3. The fourth-order valence-corrected chi connectivity index (χ4v) is 2.76. The number of aryl methyl sites for hydroxylation is 1. The Morgan fingerprint density at radius 3 is 3.17 bits per heavy atom. The number of nitrogens with one attached hydrogen (secondary N) is 1. The number of rotatable bonds is 7. The van der Waals surface area contributed by atoms with E-state index in [0.717, 1.165) is 25.2 Å². The number of carbonyl (C=O) groups is 1. The fourth-order valence-electron chi connectivity index (χ4n) is 2.76. The highest BCUT2D eigenvalue weighted by atomic mass is 16.5. The third-order valence-corrected chi connectivity index (χ3v) is 4.13. The van der Waals surface area contributed by atoms with Crippen molar-refractivity contribution in [3.8, 4) is 0 Å². The average Bonchev–Trinajstić information content (AvgIpc) is 3.33. The van der Waals surface area contributed by atoms with Crippen LogP contribution in [0.1, 0.15) is 35.4 Å². The predicted octanol–water partition coefficient (Wildman–Crippen LogP) is 0.437. The van der Waals surface area contributed by atoms with Crippen molar-refractivity contribution >= 4 is 5.91 Å². The average molecular weight is 334 g/mol. The van der Waals surface area contributed by atoms with Gasteiger partial charge in [-0.05, 0) is 13.3 Å². The summed E-state index contributed by atoms with van der Waals surface area (Å²) in [5.74, 6) is 0.266. The Hall–Kier alpha value is -2.26. The highest BCUT2D eigenvalue weighted by Crippen LogP contribution is 2.15. The maximum atomic E-state index is 12.2. The maximum Gasteiger partial charge on any atom is 0.273 e. The lowest BCUT2D eigenvalue weighted by Crippen LogP contribution is -2.25. The molecular weight excluding hydrogens is 312 g/mol. The Morgan fingerprint density at radius 1 is 1.54 bits per heavy atom. The van der Waals surface area contributed by atoms with Crippen LogP contribution in [-0.2, 0) is 24.4 Å². The molecule has 3 heterocycles. The summed E-state index contributed by atoms with van der Waals surface area (Å²) in [7, 11) is 1.72. The van der Waals surface area contributed by atoms with Crippen LogP contribution in [0, 0.1) is 0 Å². The molecule has 1 aliphatic rings. The van der Waals surface area contributed by atoms with Gasteiger partial charge in [0.1, 0.15) is 6.26 Å². The second-order valence-corrected chi connectivity index (χ2v) is 5.73. The van der Waals surface area contributed by atoms with Gasteiger partial charge in [0.05, 0.1) is 31.1 Å². The number of oxazole rings is 1. The van der Waals surface area contributed by atoms with Gasteiger partial charge >= 0.3 is 0 Å². The molecule has 2 aromatic heterocycles. The van der Waals surface area contributed by atoms with Crippen molar-refractivity contribution in [1.29, 1.82) is 0 Å². The second kappa shape index (κ2) is 7.54. The molecule has 0 spiro atoms. The highest BCUT2D eigenvalue weighted by Gasteiger charge is 2.23. The highest BCUT2D eigenvalue weighted by molar-refractivity contribution is 5.91. The fraction of sp³-hybridized carbons (Fsp3) is 0.600. The molecule has 1 saturated heterocycles. The van der Waals surface area contributed by atoms with Gasteiger partial charge in [0.2, 0.25) is 5.89 Å². The first-order valence-corrected chi connectivity index (χ1v) is 8.04. The molecule has 2 aromatic rings. The Balaban J connectivity index is 1.52. The molecule has 9 heteroatoms. The molecule has 0 bridgehead atoms. The van der Waals surface area contributed by atoms with Crippen LogP contribution < -0.4 is 5.32 Å². The molecule has 9 nitrogen and oxygen atoms in total. The first-order valence-electron chi connectivity index (χ1n) is 8.04. The topological polar surface area (TPSA) is 98.3 Å². The van der Waals surface area contributed by atoms with E-state index in [1.807, 2.05) is 6.92 Å². The molecule has 1 fully saturated rings. The summed E-state index contributed by atoms with van der Waals surface area (Å²) < 4.78 is 12.5. The van der Waals surface area contributed by atoms with E-state index in [2.05, 4.69) is 25.5 Å². The quantitative estimate of drug-likeness (QED) is 0.784. The summed E-state index contributed by atoms with van der Waals surface area (Å²) in [5.41, 5.74) is 1.13. The molecule has 1 atom stereocenters. The molecule has 0 unspecified atom stereocenters. The Morgan fingerprint density at radius 2 is 2.42 bits per heavy atom. The molecule has 1 amide bonds. The van der Waals surface area contributed by atoms with Crippen molar-refractivity contribution < 1.29 is 13.9 Å². The SMILES string of the molecule is CCn1nncc1CNC(=O)c1coc(CN2CC[C@H](OC)C2)n1. The summed E-state index contributed by atoms with van der Waals surface area (Å²) >= 11 is 0. The number of hydrogen-bond donors (Lipinski definition) is 1. The van der Waals surface area contributed by atoms with E-state index in [0.29, 0.717) is 25.5 Å². The van der Waals surface area contributed by atoms with Crippen LogP contribution in [0.4, 0.5) is 0 Å². The van der Waals surface area contributed by atoms with Crippen molar-refractivity contribution in [3.63, 3.8) is 0 Å². The van der Waals surface area contributed by atoms with Crippen LogP contribution in [0.3, 0.4) is 0 Å². The summed E-state index contributed by atoms with van der Waals surface area (Å²) in [6, 6.07) is 0. The van der Waals surface area contributed by atoms with Crippen LogP contribution >= 0.6 is 0 Å². The number of amides is 1. The summed E-state index contributed by atoms with van der Waals surface area (Å²) in [5, 5.41) is 10.6. The van der Waals surface area contributed by atoms with Gasteiger partial charge in [-0.2, -0.15) is 0 Å². The van der Waals surface area contributed by atoms with Crippen LogP contribution in [-0.4, -0.2) is 57.1 Å². The van der Waals surface area contributed by atoms with E-state index in [9.17, 15) is 4.79 Å². The number of ether oxygens (including phenoxy) is 1. The van der Waals surface area contributed by atoms with Gasteiger partial charge in [-0.3, -0.25) is 9.69 Å². The summed E-state index contributed by atoms with van der Waals surface area (Å²) in [4.78, 5) is 18.6. The van der Waals surface area contributed by atoms with Gasteiger partial charge < -0.3 is 14.5 Å². The second-order valence-electron chi connectivity index (χ2n) is 5.73. The minimum absolute atomic E-state index is 0.264. The van der Waals surface area contributed by atoms with Crippen LogP contribution in [0.5, 0.6) is 0 Å². The maximum absolute atomic E-state index is 12.2. The lowest BCUT2D eigenvalue weighted by Gasteiger charge is -2.12. The van der Waals surface area contributed by atoms with Crippen LogP contribution in [0.2, 0.25) is 0 Å². The first-order chi connectivity index (χ1) is 11.7. The van der Waals surface area contributed by atoms with E-state index >= 15 is 0 Å². The van der Waals surface area contributed by atoms with Gasteiger partial charge in [-0.15, -0.1) is 5.10 Å². The third-order valence-electron chi connectivity index (χ3n) is 4.13. The van der Waals surface area contributed by atoms with Crippen molar-refractivity contribution in [1.82, 2.24) is 30.2 Å². The van der Waals surface area contributed by atoms with Crippen LogP contribution in [0.15, 0.2) is 16.9 Å². The molecule has 1 aliphatic heterocycles. The molecule has 130 valence electrons. The summed E-state index contributed by atoms with van der Waals surface area (Å²) in [6.45, 7) is 5.40. The van der Waals surface area contributed by atoms with E-state index in [4.69, 9.17) is 9.15 Å². The Labute approximate surface area is 140 Å². The van der Waals surface area contributed by atoms with Crippen LogP contribution in [0.25, 0.3) is 0 Å². The zero-order chi connectivity index (χ0) is 16.9. The molecule has 0 radical (unpaired) electrons. The van der Waals surface area contributed by atoms with E-state index in [-0.39, 0.29) is 17.7 Å². The van der Waals surface area contributed by atoms with Gasteiger partial charge in [0, 0.05) is 26.7 Å². The Kier molecular flexibility index (Phi) is 5.21. The van der Waals surface area contributed by atoms with Gasteiger partial charge in [-0.1, -0.05) is 5.21 Å². The monoisotopic (exact) mass is 334 g/mol. The smallest absolute Gasteiger partial charge is 0.273 e. The van der Waals surface area contributed by atoms with Crippen molar-refractivity contribution in [2.45, 2.75) is 39.1 Å². The molecule has 24 heavy (non-hydrogen) atoms.